The molecule has 0 unspecified atom stereocenters. The van der Waals surface area contributed by atoms with Gasteiger partial charge in [0.25, 0.3) is 0 Å². The van der Waals surface area contributed by atoms with E-state index in [1.165, 1.54) is 17.1 Å². The van der Waals surface area contributed by atoms with Crippen molar-refractivity contribution in [1.29, 1.82) is 0 Å². The van der Waals surface area contributed by atoms with E-state index >= 15 is 0 Å². The number of aromatic nitrogens is 6. The quantitative estimate of drug-likeness (QED) is 0.164. The van der Waals surface area contributed by atoms with Crippen molar-refractivity contribution in [2.24, 2.45) is 0 Å². The zero-order valence-electron chi connectivity index (χ0n) is 24.5. The van der Waals surface area contributed by atoms with Gasteiger partial charge in [0.2, 0.25) is 5.79 Å². The number of aryl methyl sites for hydroxylation is 6. The first-order valence-electron chi connectivity index (χ1n) is 14.5. The predicted octanol–water partition coefficient (Wildman–Crippen LogP) is 8.09. The average molecular weight is 607 g/mol. The van der Waals surface area contributed by atoms with Gasteiger partial charge in [0.1, 0.15) is 0 Å². The molecule has 0 atom stereocenters. The Morgan fingerprint density at radius 3 is 1.00 bits per heavy atom. The maximum atomic E-state index is 5.25. The van der Waals surface area contributed by atoms with Gasteiger partial charge >= 0.3 is 33.3 Å². The van der Waals surface area contributed by atoms with Crippen LogP contribution in [-0.2, 0) is 57.4 Å². The van der Waals surface area contributed by atoms with Gasteiger partial charge in [0.05, 0.1) is 17.1 Å². The summed E-state index contributed by atoms with van der Waals surface area (Å²) in [7, 11) is 9.59. The molecular formula is C29H48Cl2MnN6. The van der Waals surface area contributed by atoms with Gasteiger partial charge in [-0.05, 0) is 56.7 Å². The fourth-order valence-corrected chi connectivity index (χ4v) is 5.23. The molecule has 38 heavy (non-hydrogen) atoms. The number of nitrogens with zero attached hydrogens (tertiary/aromatic N) is 6. The second-order valence-electron chi connectivity index (χ2n) is 10.1. The minimum atomic E-state index is -0.677. The van der Waals surface area contributed by atoms with Crippen LogP contribution in [0.3, 0.4) is 0 Å². The third kappa shape index (κ3) is 7.90. The Balaban J connectivity index is 0.00000161. The standard InChI is InChI=1S/C29H48N6.2ClH.Mn/c1-8-14-23-20-26(17-11-4)33(30-23)29(7,34-27(18-12-5)21-24(31-34)15-9-2)35-28(19-13-6)22-25(32-35)16-10-3;;;/h20-22H,8-19H2,1-7H3;2*1H;/q;;;+2/p-2. The molecular weight excluding hydrogens is 558 g/mol. The summed E-state index contributed by atoms with van der Waals surface area (Å²) < 4.78 is 6.77. The zero-order valence-corrected chi connectivity index (χ0v) is 27.2. The number of hydrogen-bond acceptors (Lipinski definition) is 3. The van der Waals surface area contributed by atoms with E-state index in [1.54, 1.807) is 0 Å². The molecule has 0 aliphatic carbocycles. The fraction of sp³-hybridized carbons (Fsp3) is 0.690. The molecule has 3 aromatic heterocycles. The van der Waals surface area contributed by atoms with Crippen molar-refractivity contribution in [3.63, 3.8) is 0 Å². The molecule has 0 aromatic carbocycles. The Morgan fingerprint density at radius 1 is 0.553 bits per heavy atom. The molecule has 0 N–H and O–H groups in total. The summed E-state index contributed by atoms with van der Waals surface area (Å²) in [5.41, 5.74) is 7.30. The van der Waals surface area contributed by atoms with Gasteiger partial charge in [-0.15, -0.1) is 0 Å². The van der Waals surface area contributed by atoms with Crippen LogP contribution in [0, 0.1) is 0 Å². The molecule has 3 rings (SSSR count). The van der Waals surface area contributed by atoms with Crippen molar-refractivity contribution in [3.05, 3.63) is 52.4 Å². The molecule has 0 spiro atoms. The molecule has 6 nitrogen and oxygen atoms in total. The third-order valence-electron chi connectivity index (χ3n) is 6.74. The average Bonchev–Trinajstić information content (AvgIpc) is 3.59. The SMILES string of the molecule is CCCc1cc(CCC)n(C(C)(n2nc(CCC)cc2CCC)n2nc(CCC)cc2CCC)n1.[Cl][Mn][Cl]. The van der Waals surface area contributed by atoms with Crippen molar-refractivity contribution in [2.75, 3.05) is 0 Å². The predicted molar refractivity (Wildman–Crippen MR) is 157 cm³/mol. The topological polar surface area (TPSA) is 53.5 Å². The van der Waals surface area contributed by atoms with Gasteiger partial charge in [0, 0.05) is 24.0 Å². The third-order valence-corrected chi connectivity index (χ3v) is 6.74. The molecule has 0 aliphatic rings. The van der Waals surface area contributed by atoms with Gasteiger partial charge < -0.3 is 0 Å². The molecule has 0 fully saturated rings. The van der Waals surface area contributed by atoms with Crippen LogP contribution in [0.4, 0.5) is 0 Å². The van der Waals surface area contributed by atoms with Crippen molar-refractivity contribution in [1.82, 2.24) is 29.3 Å². The van der Waals surface area contributed by atoms with Crippen LogP contribution in [0.1, 0.15) is 121 Å². The Labute approximate surface area is 245 Å². The summed E-state index contributed by atoms with van der Waals surface area (Å²) in [6.45, 7) is 15.7. The number of halogens is 2. The first-order valence-corrected chi connectivity index (χ1v) is 17.7. The first kappa shape index (κ1) is 32.9. The molecule has 0 saturated carbocycles. The Kier molecular flexibility index (Phi) is 14.5. The minimum absolute atomic E-state index is 0.00694. The van der Waals surface area contributed by atoms with E-state index in [0.717, 1.165) is 94.1 Å². The van der Waals surface area contributed by atoms with Crippen molar-refractivity contribution in [3.8, 4) is 0 Å². The van der Waals surface area contributed by atoms with Crippen LogP contribution >= 0.6 is 20.2 Å². The summed E-state index contributed by atoms with van der Waals surface area (Å²) in [5, 5.41) is 15.8. The molecule has 3 heterocycles. The molecule has 0 radical (unpaired) electrons. The Bertz CT molecular complexity index is 955. The zero-order chi connectivity index (χ0) is 28.1. The monoisotopic (exact) mass is 605 g/mol. The van der Waals surface area contributed by atoms with Crippen LogP contribution in [0.15, 0.2) is 18.2 Å². The summed E-state index contributed by atoms with van der Waals surface area (Å²) in [4.78, 5) is 0. The van der Waals surface area contributed by atoms with Gasteiger partial charge in [-0.25, -0.2) is 14.0 Å². The van der Waals surface area contributed by atoms with Crippen molar-refractivity contribution in [2.45, 2.75) is 131 Å². The van der Waals surface area contributed by atoms with E-state index in [1.807, 2.05) is 0 Å². The van der Waals surface area contributed by atoms with E-state index in [9.17, 15) is 0 Å². The summed E-state index contributed by atoms with van der Waals surface area (Å²) >= 11 is 0.00694. The van der Waals surface area contributed by atoms with E-state index in [-0.39, 0.29) is 13.1 Å². The van der Waals surface area contributed by atoms with Crippen molar-refractivity contribution < 1.29 is 13.1 Å². The molecule has 215 valence electrons. The molecule has 9 heteroatoms. The Morgan fingerprint density at radius 2 is 0.789 bits per heavy atom. The van der Waals surface area contributed by atoms with Crippen LogP contribution in [0.25, 0.3) is 0 Å². The van der Waals surface area contributed by atoms with Gasteiger partial charge in [0.15, 0.2) is 0 Å². The van der Waals surface area contributed by atoms with E-state index < -0.39 is 5.79 Å². The fourth-order valence-electron chi connectivity index (χ4n) is 5.23. The van der Waals surface area contributed by atoms with Gasteiger partial charge in [-0.2, -0.15) is 15.3 Å². The molecule has 0 bridgehead atoms. The van der Waals surface area contributed by atoms with E-state index in [0.29, 0.717) is 0 Å². The van der Waals surface area contributed by atoms with E-state index in [4.69, 9.17) is 35.5 Å². The van der Waals surface area contributed by atoms with Crippen LogP contribution < -0.4 is 0 Å². The summed E-state index contributed by atoms with van der Waals surface area (Å²) in [5.74, 6) is -0.677. The second-order valence-corrected chi connectivity index (χ2v) is 12.1. The molecule has 0 amide bonds. The number of hydrogen-bond donors (Lipinski definition) is 0. The van der Waals surface area contributed by atoms with Crippen molar-refractivity contribution >= 4 is 20.2 Å². The summed E-state index contributed by atoms with van der Waals surface area (Å²) in [6, 6.07) is 6.95. The molecule has 0 saturated heterocycles. The summed E-state index contributed by atoms with van der Waals surface area (Å²) in [6.07, 6.45) is 12.5. The van der Waals surface area contributed by atoms with Crippen LogP contribution in [-0.4, -0.2) is 29.3 Å². The molecule has 0 aliphatic heterocycles. The maximum absolute atomic E-state index is 5.25. The van der Waals surface area contributed by atoms with Gasteiger partial charge in [-0.3, -0.25) is 0 Å². The van der Waals surface area contributed by atoms with Gasteiger partial charge in [-0.1, -0.05) is 80.1 Å². The van der Waals surface area contributed by atoms with Crippen LogP contribution in [0.5, 0.6) is 0 Å². The second kappa shape index (κ2) is 16.7. The normalized spacial score (nSPS) is 11.6. The van der Waals surface area contributed by atoms with Crippen LogP contribution in [0.2, 0.25) is 0 Å². The molecule has 3 aromatic rings. The Hall–Kier alpha value is -1.27. The first-order chi connectivity index (χ1) is 18.4. The number of rotatable bonds is 15. The van der Waals surface area contributed by atoms with E-state index in [2.05, 4.69) is 80.7 Å².